The molecule has 0 saturated carbocycles. The molecular weight excluding hydrogens is 398 g/mol. The number of benzene rings is 2. The van der Waals surface area contributed by atoms with E-state index in [1.165, 1.54) is 4.72 Å². The van der Waals surface area contributed by atoms with Gasteiger partial charge in [-0.3, -0.25) is 4.72 Å². The topological polar surface area (TPSA) is 46.2 Å². The fourth-order valence-electron chi connectivity index (χ4n) is 1.86. The molecule has 0 saturated heterocycles. The molecule has 0 amide bonds. The summed E-state index contributed by atoms with van der Waals surface area (Å²) in [7, 11) is -5.03. The molecule has 0 aliphatic carbocycles. The number of nitrogens with one attached hydrogen (secondary N) is 1. The molecule has 0 spiro atoms. The summed E-state index contributed by atoms with van der Waals surface area (Å²) in [6.45, 7) is 0. The van der Waals surface area contributed by atoms with E-state index in [9.17, 15) is 43.5 Å². The van der Waals surface area contributed by atoms with Crippen molar-refractivity contribution in [3.8, 4) is 0 Å². The van der Waals surface area contributed by atoms with Crippen LogP contribution < -0.4 is 4.72 Å². The van der Waals surface area contributed by atoms with Gasteiger partial charge in [-0.2, -0.15) is 26.3 Å². The molecule has 3 nitrogen and oxygen atoms in total. The fraction of sp³-hybridized carbons (Fsp3) is 0.143. The smallest absolute Gasteiger partial charge is 0.277 e. The van der Waals surface area contributed by atoms with Gasteiger partial charge in [-0.05, 0) is 30.3 Å². The molecule has 2 rings (SSSR count). The van der Waals surface area contributed by atoms with E-state index in [0.29, 0.717) is 12.1 Å². The lowest BCUT2D eigenvalue weighted by atomic mass is 10.1. The maximum atomic E-state index is 13.5. The average molecular weight is 405 g/mol. The van der Waals surface area contributed by atoms with E-state index in [1.54, 1.807) is 0 Å². The molecule has 0 heterocycles. The van der Waals surface area contributed by atoms with Crippen molar-refractivity contribution in [3.05, 3.63) is 59.2 Å². The predicted octanol–water partition coefficient (Wildman–Crippen LogP) is 4.80. The van der Waals surface area contributed by atoms with Crippen LogP contribution in [0.1, 0.15) is 11.1 Å². The highest BCUT2D eigenvalue weighted by Crippen LogP contribution is 2.37. The second kappa shape index (κ2) is 6.41. The maximum absolute atomic E-state index is 13.5. The lowest BCUT2D eigenvalue weighted by Gasteiger charge is -2.15. The van der Waals surface area contributed by atoms with E-state index in [2.05, 4.69) is 0 Å². The number of alkyl halides is 6. The normalized spacial score (nSPS) is 12.9. The fourth-order valence-corrected chi connectivity index (χ4v) is 2.99. The summed E-state index contributed by atoms with van der Waals surface area (Å²) in [5.74, 6) is -2.47. The van der Waals surface area contributed by atoms with E-state index in [1.807, 2.05) is 0 Å². The van der Waals surface area contributed by atoms with Gasteiger partial charge in [0.15, 0.2) is 0 Å². The first kappa shape index (κ1) is 19.9. The third-order valence-electron chi connectivity index (χ3n) is 3.05. The highest BCUT2D eigenvalue weighted by atomic mass is 32.2. The molecule has 142 valence electrons. The zero-order valence-corrected chi connectivity index (χ0v) is 13.0. The van der Waals surface area contributed by atoms with Gasteiger partial charge in [0.25, 0.3) is 10.0 Å². The Morgan fingerprint density at radius 2 is 1.27 bits per heavy atom. The van der Waals surface area contributed by atoms with E-state index >= 15 is 0 Å². The molecule has 0 aliphatic heterocycles. The van der Waals surface area contributed by atoms with Crippen molar-refractivity contribution in [2.45, 2.75) is 17.2 Å². The molecule has 2 aromatic carbocycles. The van der Waals surface area contributed by atoms with Crippen LogP contribution >= 0.6 is 0 Å². The Kier molecular flexibility index (Phi) is 4.92. The Labute approximate surface area is 141 Å². The molecular formula is C14H7F8NO2S. The minimum absolute atomic E-state index is 0.0288. The summed E-state index contributed by atoms with van der Waals surface area (Å²) in [6, 6.07) is 1.25. The predicted molar refractivity (Wildman–Crippen MR) is 73.6 cm³/mol. The van der Waals surface area contributed by atoms with Crippen molar-refractivity contribution in [1.82, 2.24) is 0 Å². The molecule has 0 aromatic heterocycles. The van der Waals surface area contributed by atoms with Crippen LogP contribution in [0, 0.1) is 11.6 Å². The number of rotatable bonds is 3. The van der Waals surface area contributed by atoms with Crippen LogP contribution in [0.15, 0.2) is 41.3 Å². The molecule has 0 aliphatic rings. The lowest BCUT2D eigenvalue weighted by molar-refractivity contribution is -0.143. The maximum Gasteiger partial charge on any atom is 0.416 e. The molecule has 0 fully saturated rings. The molecule has 0 bridgehead atoms. The number of halogens is 8. The average Bonchev–Trinajstić information content (AvgIpc) is 2.48. The van der Waals surface area contributed by atoms with Crippen molar-refractivity contribution in [1.29, 1.82) is 0 Å². The van der Waals surface area contributed by atoms with Crippen LogP contribution in [0.4, 0.5) is 40.8 Å². The van der Waals surface area contributed by atoms with Gasteiger partial charge in [-0.15, -0.1) is 0 Å². The highest BCUT2D eigenvalue weighted by molar-refractivity contribution is 7.92. The summed E-state index contributed by atoms with van der Waals surface area (Å²) < 4.78 is 129. The third kappa shape index (κ3) is 4.42. The van der Waals surface area contributed by atoms with Crippen LogP contribution in [0.3, 0.4) is 0 Å². The molecule has 26 heavy (non-hydrogen) atoms. The first-order valence-corrected chi connectivity index (χ1v) is 7.96. The summed E-state index contributed by atoms with van der Waals surface area (Å²) in [5, 5.41) is 0. The van der Waals surface area contributed by atoms with Gasteiger partial charge >= 0.3 is 12.4 Å². The van der Waals surface area contributed by atoms with Crippen molar-refractivity contribution in [2.24, 2.45) is 0 Å². The van der Waals surface area contributed by atoms with E-state index in [4.69, 9.17) is 0 Å². The van der Waals surface area contributed by atoms with Gasteiger partial charge in [-0.1, -0.05) is 0 Å². The Morgan fingerprint density at radius 3 is 1.69 bits per heavy atom. The number of anilines is 1. The summed E-state index contributed by atoms with van der Waals surface area (Å²) in [6.07, 6.45) is -10.5. The molecule has 2 aromatic rings. The second-order valence-corrected chi connectivity index (χ2v) is 6.65. The Hall–Kier alpha value is -2.37. The summed E-state index contributed by atoms with van der Waals surface area (Å²) in [5.41, 5.74) is -4.56. The quantitative estimate of drug-likeness (QED) is 0.746. The van der Waals surface area contributed by atoms with Crippen LogP contribution in [0.2, 0.25) is 0 Å². The first-order valence-electron chi connectivity index (χ1n) is 6.47. The Morgan fingerprint density at radius 1 is 0.769 bits per heavy atom. The monoisotopic (exact) mass is 405 g/mol. The standard InChI is InChI=1S/C14H7F8NO2S/c15-9-1-2-12(11(16)6-9)23-26(24,25)10-4-7(13(17,18)19)3-8(5-10)14(20,21)22/h1-6,23H. The molecule has 0 unspecified atom stereocenters. The van der Waals surface area contributed by atoms with Gasteiger partial charge in [0, 0.05) is 6.07 Å². The highest BCUT2D eigenvalue weighted by Gasteiger charge is 2.38. The first-order chi connectivity index (χ1) is 11.7. The summed E-state index contributed by atoms with van der Waals surface area (Å²) >= 11 is 0. The Balaban J connectivity index is 2.58. The number of hydrogen-bond acceptors (Lipinski definition) is 2. The molecule has 0 radical (unpaired) electrons. The van der Waals surface area contributed by atoms with Crippen LogP contribution in [0.5, 0.6) is 0 Å². The zero-order valence-electron chi connectivity index (χ0n) is 12.2. The third-order valence-corrected chi connectivity index (χ3v) is 4.39. The molecule has 0 atom stereocenters. The minimum atomic E-state index is -5.26. The van der Waals surface area contributed by atoms with Crippen molar-refractivity contribution < 1.29 is 43.5 Å². The van der Waals surface area contributed by atoms with Crippen LogP contribution in [0.25, 0.3) is 0 Å². The van der Waals surface area contributed by atoms with E-state index in [0.717, 1.165) is 0 Å². The van der Waals surface area contributed by atoms with Gasteiger partial charge < -0.3 is 0 Å². The van der Waals surface area contributed by atoms with Crippen molar-refractivity contribution >= 4 is 15.7 Å². The van der Waals surface area contributed by atoms with E-state index < -0.39 is 55.7 Å². The SMILES string of the molecule is O=S(=O)(Nc1ccc(F)cc1F)c1cc(C(F)(F)F)cc(C(F)(F)F)c1. The minimum Gasteiger partial charge on any atom is -0.277 e. The number of sulfonamides is 1. The van der Waals surface area contributed by atoms with Gasteiger partial charge in [-0.25, -0.2) is 17.2 Å². The largest absolute Gasteiger partial charge is 0.416 e. The van der Waals surface area contributed by atoms with Crippen molar-refractivity contribution in [2.75, 3.05) is 4.72 Å². The van der Waals surface area contributed by atoms with Gasteiger partial charge in [0.05, 0.1) is 21.7 Å². The summed E-state index contributed by atoms with van der Waals surface area (Å²) in [4.78, 5) is -1.39. The van der Waals surface area contributed by atoms with Crippen LogP contribution in [-0.4, -0.2) is 8.42 Å². The van der Waals surface area contributed by atoms with Gasteiger partial charge in [0.2, 0.25) is 0 Å². The second-order valence-electron chi connectivity index (χ2n) is 4.97. The van der Waals surface area contributed by atoms with Crippen LogP contribution in [-0.2, 0) is 22.4 Å². The van der Waals surface area contributed by atoms with Gasteiger partial charge in [0.1, 0.15) is 11.6 Å². The lowest BCUT2D eigenvalue weighted by Crippen LogP contribution is -2.18. The van der Waals surface area contributed by atoms with E-state index in [-0.39, 0.29) is 24.3 Å². The Bertz CT molecular complexity index is 903. The van der Waals surface area contributed by atoms with Crippen molar-refractivity contribution in [3.63, 3.8) is 0 Å². The molecule has 12 heteroatoms. The zero-order chi connectivity index (χ0) is 19.9. The molecule has 1 N–H and O–H groups in total. The number of hydrogen-bond donors (Lipinski definition) is 1.